The van der Waals surface area contributed by atoms with E-state index in [4.69, 9.17) is 0 Å². The number of benzene rings is 2. The predicted octanol–water partition coefficient (Wildman–Crippen LogP) is 3.25. The number of hydrogen-bond acceptors (Lipinski definition) is 2. The molecule has 1 atom stereocenters. The molecule has 1 unspecified atom stereocenters. The van der Waals surface area contributed by atoms with Crippen molar-refractivity contribution in [3.63, 3.8) is 0 Å². The molecular weight excluding hydrogens is 231 g/mol. The maximum absolute atomic E-state index is 13.8. The van der Waals surface area contributed by atoms with E-state index >= 15 is 0 Å². The van der Waals surface area contributed by atoms with Crippen molar-refractivity contribution in [1.82, 2.24) is 0 Å². The van der Waals surface area contributed by atoms with E-state index in [1.54, 1.807) is 30.3 Å². The minimum absolute atomic E-state index is 0.120. The van der Waals surface area contributed by atoms with Crippen molar-refractivity contribution in [3.8, 4) is 5.75 Å². The molecule has 0 radical (unpaired) electrons. The van der Waals surface area contributed by atoms with Gasteiger partial charge in [0.15, 0.2) is 0 Å². The second-order valence-electron chi connectivity index (χ2n) is 4.16. The lowest BCUT2D eigenvalue weighted by Gasteiger charge is -2.15. The van der Waals surface area contributed by atoms with Crippen molar-refractivity contribution in [1.29, 1.82) is 0 Å². The second-order valence-corrected chi connectivity index (χ2v) is 4.16. The predicted molar refractivity (Wildman–Crippen MR) is 67.0 cm³/mol. The summed E-state index contributed by atoms with van der Waals surface area (Å²) >= 11 is 0. The molecule has 2 rings (SSSR count). The van der Waals surface area contributed by atoms with Gasteiger partial charge in [-0.25, -0.2) is 4.39 Å². The Bertz CT molecular complexity index is 561. The molecule has 2 aromatic rings. The number of carbonyl (C=O) groups is 1. The van der Waals surface area contributed by atoms with Crippen molar-refractivity contribution in [2.75, 3.05) is 0 Å². The Labute approximate surface area is 105 Å². The third-order valence-electron chi connectivity index (χ3n) is 2.85. The first-order valence-corrected chi connectivity index (χ1v) is 5.63. The van der Waals surface area contributed by atoms with E-state index < -0.39 is 11.7 Å². The summed E-state index contributed by atoms with van der Waals surface area (Å²) in [5.41, 5.74) is 1.03. The molecule has 0 aliphatic rings. The molecule has 2 nitrogen and oxygen atoms in total. The van der Waals surface area contributed by atoms with Gasteiger partial charge in [-0.1, -0.05) is 30.3 Å². The molecule has 18 heavy (non-hydrogen) atoms. The molecule has 0 amide bonds. The lowest BCUT2D eigenvalue weighted by molar-refractivity contribution is -0.117. The smallest absolute Gasteiger partial charge is 0.141 e. The third-order valence-corrected chi connectivity index (χ3v) is 2.85. The zero-order valence-corrected chi connectivity index (χ0v) is 9.93. The van der Waals surface area contributed by atoms with Crippen LogP contribution < -0.4 is 0 Å². The molecule has 3 heteroatoms. The summed E-state index contributed by atoms with van der Waals surface area (Å²) in [4.78, 5) is 11.8. The van der Waals surface area contributed by atoms with Gasteiger partial charge >= 0.3 is 0 Å². The van der Waals surface area contributed by atoms with Gasteiger partial charge < -0.3 is 5.11 Å². The van der Waals surface area contributed by atoms with Crippen LogP contribution in [0.2, 0.25) is 0 Å². The normalized spacial score (nSPS) is 12.1. The van der Waals surface area contributed by atoms with Crippen LogP contribution in [0.5, 0.6) is 5.75 Å². The molecule has 0 heterocycles. The largest absolute Gasteiger partial charge is 0.508 e. The van der Waals surface area contributed by atoms with Crippen molar-refractivity contribution < 1.29 is 14.3 Å². The maximum Gasteiger partial charge on any atom is 0.141 e. The van der Waals surface area contributed by atoms with Crippen LogP contribution in [0.25, 0.3) is 0 Å². The fourth-order valence-corrected chi connectivity index (χ4v) is 2.01. The molecule has 0 fully saturated rings. The minimum Gasteiger partial charge on any atom is -0.508 e. The Morgan fingerprint density at radius 1 is 1.11 bits per heavy atom. The first kappa shape index (κ1) is 12.3. The number of aromatic hydroxyl groups is 1. The second kappa shape index (κ2) is 5.00. The number of Topliss-reactive ketones (excluding diaryl/α,β-unsaturated/α-hetero) is 1. The monoisotopic (exact) mass is 244 g/mol. The molecule has 2 aromatic carbocycles. The van der Waals surface area contributed by atoms with Gasteiger partial charge in [0.25, 0.3) is 0 Å². The fraction of sp³-hybridized carbons (Fsp3) is 0.133. The first-order valence-electron chi connectivity index (χ1n) is 5.63. The molecule has 0 aromatic heterocycles. The number of ketones is 1. The highest BCUT2D eigenvalue weighted by Crippen LogP contribution is 2.28. The third kappa shape index (κ3) is 2.40. The van der Waals surface area contributed by atoms with Gasteiger partial charge in [-0.3, -0.25) is 4.79 Å². The van der Waals surface area contributed by atoms with Gasteiger partial charge in [0.2, 0.25) is 0 Å². The van der Waals surface area contributed by atoms with Crippen LogP contribution in [0, 0.1) is 5.82 Å². The van der Waals surface area contributed by atoms with Gasteiger partial charge in [0.1, 0.15) is 17.3 Å². The van der Waals surface area contributed by atoms with E-state index in [9.17, 15) is 14.3 Å². The maximum atomic E-state index is 13.8. The van der Waals surface area contributed by atoms with Gasteiger partial charge in [-0.2, -0.15) is 0 Å². The molecule has 0 saturated carbocycles. The highest BCUT2D eigenvalue weighted by molar-refractivity contribution is 5.87. The lowest BCUT2D eigenvalue weighted by atomic mass is 9.88. The first-order chi connectivity index (χ1) is 8.59. The molecule has 0 aliphatic heterocycles. The highest BCUT2D eigenvalue weighted by Gasteiger charge is 2.21. The van der Waals surface area contributed by atoms with Crippen LogP contribution in [0.1, 0.15) is 24.0 Å². The van der Waals surface area contributed by atoms with Crippen LogP contribution in [-0.4, -0.2) is 10.9 Å². The van der Waals surface area contributed by atoms with E-state index in [-0.39, 0.29) is 11.5 Å². The van der Waals surface area contributed by atoms with Crippen molar-refractivity contribution >= 4 is 5.78 Å². The highest BCUT2D eigenvalue weighted by atomic mass is 19.1. The average molecular weight is 244 g/mol. The number of phenolic OH excluding ortho intramolecular Hbond substituents is 1. The average Bonchev–Trinajstić information content (AvgIpc) is 2.34. The summed E-state index contributed by atoms with van der Waals surface area (Å²) in [5.74, 6) is -1.04. The number of carbonyl (C=O) groups excluding carboxylic acids is 1. The molecule has 1 N–H and O–H groups in total. The van der Waals surface area contributed by atoms with Crippen LogP contribution >= 0.6 is 0 Å². The summed E-state index contributed by atoms with van der Waals surface area (Å²) in [6.45, 7) is 1.43. The number of phenols is 1. The Kier molecular flexibility index (Phi) is 3.42. The molecule has 0 saturated heterocycles. The van der Waals surface area contributed by atoms with E-state index in [0.29, 0.717) is 11.1 Å². The Morgan fingerprint density at radius 2 is 1.72 bits per heavy atom. The summed E-state index contributed by atoms with van der Waals surface area (Å²) < 4.78 is 13.8. The Balaban J connectivity index is 2.50. The van der Waals surface area contributed by atoms with Crippen LogP contribution in [0.15, 0.2) is 48.5 Å². The number of hydrogen-bond donors (Lipinski definition) is 1. The molecule has 0 bridgehead atoms. The molecule has 0 spiro atoms. The zero-order valence-electron chi connectivity index (χ0n) is 9.93. The Morgan fingerprint density at radius 3 is 2.28 bits per heavy atom. The van der Waals surface area contributed by atoms with Crippen LogP contribution in [-0.2, 0) is 4.79 Å². The van der Waals surface area contributed by atoms with Crippen molar-refractivity contribution in [3.05, 3.63) is 65.5 Å². The van der Waals surface area contributed by atoms with Gasteiger partial charge in [0, 0.05) is 5.56 Å². The molecular formula is C15H13FO2. The number of rotatable bonds is 3. The van der Waals surface area contributed by atoms with E-state index in [0.717, 1.165) is 0 Å². The zero-order chi connectivity index (χ0) is 13.1. The van der Waals surface area contributed by atoms with Crippen molar-refractivity contribution in [2.45, 2.75) is 12.8 Å². The minimum atomic E-state index is -0.633. The number of halogens is 1. The van der Waals surface area contributed by atoms with E-state index in [2.05, 4.69) is 0 Å². The van der Waals surface area contributed by atoms with Crippen LogP contribution in [0.3, 0.4) is 0 Å². The standard InChI is InChI=1S/C15H13FO2/c1-10(17)15(11-6-8-12(18)9-7-11)13-4-2-3-5-14(13)16/h2-9,15,18H,1H3. The topological polar surface area (TPSA) is 37.3 Å². The lowest BCUT2D eigenvalue weighted by Crippen LogP contribution is -2.12. The summed E-state index contributed by atoms with van der Waals surface area (Å²) in [5, 5.41) is 9.24. The quantitative estimate of drug-likeness (QED) is 0.899. The van der Waals surface area contributed by atoms with Crippen LogP contribution in [0.4, 0.5) is 4.39 Å². The van der Waals surface area contributed by atoms with Gasteiger partial charge in [-0.15, -0.1) is 0 Å². The van der Waals surface area contributed by atoms with E-state index in [1.807, 2.05) is 0 Å². The fourth-order valence-electron chi connectivity index (χ4n) is 2.01. The summed E-state index contributed by atoms with van der Waals surface area (Å²) in [6, 6.07) is 12.5. The summed E-state index contributed by atoms with van der Waals surface area (Å²) in [6.07, 6.45) is 0. The van der Waals surface area contributed by atoms with Crippen molar-refractivity contribution in [2.24, 2.45) is 0 Å². The Hall–Kier alpha value is -2.16. The molecule has 92 valence electrons. The SMILES string of the molecule is CC(=O)C(c1ccc(O)cc1)c1ccccc1F. The van der Waals surface area contributed by atoms with E-state index in [1.165, 1.54) is 25.1 Å². The molecule has 0 aliphatic carbocycles. The van der Waals surface area contributed by atoms with Gasteiger partial charge in [0.05, 0.1) is 5.92 Å². The summed E-state index contributed by atoms with van der Waals surface area (Å²) in [7, 11) is 0. The van der Waals surface area contributed by atoms with Gasteiger partial charge in [-0.05, 0) is 30.7 Å².